The summed E-state index contributed by atoms with van der Waals surface area (Å²) in [6.07, 6.45) is 0. The lowest BCUT2D eigenvalue weighted by atomic mass is 10.0. The molecular weight excluding hydrogens is 228 g/mol. The molecule has 0 aliphatic rings. The van der Waals surface area contributed by atoms with Gasteiger partial charge >= 0.3 is 0 Å². The van der Waals surface area contributed by atoms with Gasteiger partial charge in [-0.25, -0.2) is 0 Å². The summed E-state index contributed by atoms with van der Waals surface area (Å²) in [4.78, 5) is 2.21. The Labute approximate surface area is 110 Å². The van der Waals surface area contributed by atoms with Crippen LogP contribution in [0.3, 0.4) is 0 Å². The first-order valence-corrected chi connectivity index (χ1v) is 6.07. The molecule has 1 rings (SSSR count). The third kappa shape index (κ3) is 3.37. The minimum atomic E-state index is -0.0475. The minimum absolute atomic E-state index is 0.0475. The number of rotatable bonds is 6. The summed E-state index contributed by atoms with van der Waals surface area (Å²) in [7, 11) is 5.41. The van der Waals surface area contributed by atoms with Crippen LogP contribution in [0.25, 0.3) is 0 Å². The third-order valence-corrected chi connectivity index (χ3v) is 3.43. The van der Waals surface area contributed by atoms with Gasteiger partial charge in [-0.2, -0.15) is 0 Å². The number of likely N-dealkylation sites (N-methyl/N-ethyl adjacent to an activating group) is 1. The highest BCUT2D eigenvalue weighted by Crippen LogP contribution is 2.26. The fraction of sp³-hybridized carbons (Fsp3) is 0.571. The van der Waals surface area contributed by atoms with Crippen molar-refractivity contribution < 1.29 is 9.47 Å². The highest BCUT2D eigenvalue weighted by Gasteiger charge is 2.22. The molecule has 18 heavy (non-hydrogen) atoms. The molecule has 0 aliphatic heterocycles. The minimum Gasteiger partial charge on any atom is -0.497 e. The van der Waals surface area contributed by atoms with Gasteiger partial charge in [0, 0.05) is 24.2 Å². The molecule has 4 nitrogen and oxygen atoms in total. The van der Waals surface area contributed by atoms with Crippen molar-refractivity contribution in [3.8, 4) is 11.5 Å². The largest absolute Gasteiger partial charge is 0.497 e. The van der Waals surface area contributed by atoms with Gasteiger partial charge in [-0.3, -0.25) is 4.90 Å². The normalized spacial score (nSPS) is 11.7. The SMILES string of the molecule is COc1ccc(OC)c(CN(C)C(C)(C)CN)c1. The van der Waals surface area contributed by atoms with Crippen molar-refractivity contribution in [1.29, 1.82) is 0 Å². The molecule has 0 aliphatic carbocycles. The van der Waals surface area contributed by atoms with Crippen LogP contribution in [0.15, 0.2) is 18.2 Å². The molecule has 0 spiro atoms. The van der Waals surface area contributed by atoms with Crippen LogP contribution in [-0.4, -0.2) is 38.3 Å². The lowest BCUT2D eigenvalue weighted by Crippen LogP contribution is -2.46. The Morgan fingerprint density at radius 1 is 1.22 bits per heavy atom. The third-order valence-electron chi connectivity index (χ3n) is 3.43. The maximum absolute atomic E-state index is 5.79. The van der Waals surface area contributed by atoms with Crippen LogP contribution < -0.4 is 15.2 Å². The van der Waals surface area contributed by atoms with Gasteiger partial charge in [-0.05, 0) is 39.1 Å². The number of nitrogens with two attached hydrogens (primary N) is 1. The molecule has 0 radical (unpaired) electrons. The fourth-order valence-corrected chi connectivity index (χ4v) is 1.63. The van der Waals surface area contributed by atoms with E-state index >= 15 is 0 Å². The number of methoxy groups -OCH3 is 2. The van der Waals surface area contributed by atoms with Crippen LogP contribution in [0.4, 0.5) is 0 Å². The molecule has 0 heterocycles. The Kier molecular flexibility index (Phi) is 4.99. The Morgan fingerprint density at radius 3 is 2.39 bits per heavy atom. The molecule has 0 saturated heterocycles. The first-order valence-electron chi connectivity index (χ1n) is 6.07. The zero-order valence-corrected chi connectivity index (χ0v) is 12.0. The van der Waals surface area contributed by atoms with Gasteiger partial charge in [0.05, 0.1) is 14.2 Å². The molecule has 0 amide bonds. The number of hydrogen-bond acceptors (Lipinski definition) is 4. The molecule has 0 unspecified atom stereocenters. The summed E-state index contributed by atoms with van der Waals surface area (Å²) in [5.41, 5.74) is 6.84. The number of ether oxygens (including phenoxy) is 2. The maximum Gasteiger partial charge on any atom is 0.123 e. The van der Waals surface area contributed by atoms with E-state index in [4.69, 9.17) is 15.2 Å². The Hall–Kier alpha value is -1.26. The van der Waals surface area contributed by atoms with Gasteiger partial charge in [0.2, 0.25) is 0 Å². The van der Waals surface area contributed by atoms with Crippen LogP contribution in [-0.2, 0) is 6.54 Å². The molecule has 0 saturated carbocycles. The quantitative estimate of drug-likeness (QED) is 0.839. The van der Waals surface area contributed by atoms with Crippen LogP contribution in [0.2, 0.25) is 0 Å². The average Bonchev–Trinajstić information content (AvgIpc) is 2.38. The Balaban J connectivity index is 2.95. The number of hydrogen-bond donors (Lipinski definition) is 1. The van der Waals surface area contributed by atoms with Crippen LogP contribution in [0.1, 0.15) is 19.4 Å². The fourth-order valence-electron chi connectivity index (χ4n) is 1.63. The topological polar surface area (TPSA) is 47.7 Å². The van der Waals surface area contributed by atoms with Crippen molar-refractivity contribution in [3.05, 3.63) is 23.8 Å². The summed E-state index contributed by atoms with van der Waals surface area (Å²) in [5.74, 6) is 1.71. The molecular formula is C14H24N2O2. The molecule has 0 fully saturated rings. The summed E-state index contributed by atoms with van der Waals surface area (Å²) in [6, 6.07) is 5.83. The van der Waals surface area contributed by atoms with E-state index in [9.17, 15) is 0 Å². The van der Waals surface area contributed by atoms with Crippen LogP contribution >= 0.6 is 0 Å². The molecule has 4 heteroatoms. The zero-order valence-electron chi connectivity index (χ0n) is 12.0. The van der Waals surface area contributed by atoms with Crippen molar-refractivity contribution in [2.45, 2.75) is 25.9 Å². The molecule has 0 bridgehead atoms. The van der Waals surface area contributed by atoms with E-state index in [-0.39, 0.29) is 5.54 Å². The smallest absolute Gasteiger partial charge is 0.123 e. The molecule has 1 aromatic rings. The molecule has 2 N–H and O–H groups in total. The summed E-state index contributed by atoms with van der Waals surface area (Å²) >= 11 is 0. The van der Waals surface area contributed by atoms with E-state index in [1.54, 1.807) is 14.2 Å². The number of benzene rings is 1. The molecule has 102 valence electrons. The highest BCUT2D eigenvalue weighted by molar-refractivity contribution is 5.40. The van der Waals surface area contributed by atoms with E-state index in [1.807, 2.05) is 18.2 Å². The second kappa shape index (κ2) is 6.07. The predicted molar refractivity (Wildman–Crippen MR) is 74.1 cm³/mol. The lowest BCUT2D eigenvalue weighted by molar-refractivity contribution is 0.154. The maximum atomic E-state index is 5.79. The van der Waals surface area contributed by atoms with Crippen molar-refractivity contribution in [2.75, 3.05) is 27.8 Å². The van der Waals surface area contributed by atoms with Gasteiger partial charge < -0.3 is 15.2 Å². The first-order chi connectivity index (χ1) is 8.44. The molecule has 0 aromatic heterocycles. The second-order valence-corrected chi connectivity index (χ2v) is 5.05. The van der Waals surface area contributed by atoms with E-state index < -0.39 is 0 Å². The van der Waals surface area contributed by atoms with E-state index in [2.05, 4.69) is 25.8 Å². The van der Waals surface area contributed by atoms with Crippen LogP contribution in [0, 0.1) is 0 Å². The van der Waals surface area contributed by atoms with Crippen molar-refractivity contribution in [3.63, 3.8) is 0 Å². The lowest BCUT2D eigenvalue weighted by Gasteiger charge is -2.34. The van der Waals surface area contributed by atoms with Crippen LogP contribution in [0.5, 0.6) is 11.5 Å². The molecule has 1 aromatic carbocycles. The number of nitrogens with zero attached hydrogens (tertiary/aromatic N) is 1. The first kappa shape index (κ1) is 14.8. The molecule has 0 atom stereocenters. The van der Waals surface area contributed by atoms with Gasteiger partial charge in [0.15, 0.2) is 0 Å². The van der Waals surface area contributed by atoms with E-state index in [1.165, 1.54) is 0 Å². The van der Waals surface area contributed by atoms with Gasteiger partial charge in [-0.1, -0.05) is 0 Å². The van der Waals surface area contributed by atoms with E-state index in [0.29, 0.717) is 6.54 Å². The highest BCUT2D eigenvalue weighted by atomic mass is 16.5. The standard InChI is InChI=1S/C14H24N2O2/c1-14(2,10-15)16(3)9-11-8-12(17-4)6-7-13(11)18-5/h6-8H,9-10,15H2,1-5H3. The van der Waals surface area contributed by atoms with Gasteiger partial charge in [-0.15, -0.1) is 0 Å². The van der Waals surface area contributed by atoms with Crippen molar-refractivity contribution in [1.82, 2.24) is 4.90 Å². The summed E-state index contributed by atoms with van der Waals surface area (Å²) in [6.45, 7) is 5.62. The van der Waals surface area contributed by atoms with Gasteiger partial charge in [0.25, 0.3) is 0 Å². The van der Waals surface area contributed by atoms with Gasteiger partial charge in [0.1, 0.15) is 11.5 Å². The zero-order chi connectivity index (χ0) is 13.8. The summed E-state index contributed by atoms with van der Waals surface area (Å²) < 4.78 is 10.6. The summed E-state index contributed by atoms with van der Waals surface area (Å²) in [5, 5.41) is 0. The average molecular weight is 252 g/mol. The second-order valence-electron chi connectivity index (χ2n) is 5.05. The van der Waals surface area contributed by atoms with Crippen molar-refractivity contribution in [2.24, 2.45) is 5.73 Å². The predicted octanol–water partition coefficient (Wildman–Crippen LogP) is 1.87. The Morgan fingerprint density at radius 2 is 1.89 bits per heavy atom. The Bertz CT molecular complexity index is 391. The monoisotopic (exact) mass is 252 g/mol. The van der Waals surface area contributed by atoms with Crippen molar-refractivity contribution >= 4 is 0 Å². The van der Waals surface area contributed by atoms with E-state index in [0.717, 1.165) is 23.6 Å².